The second kappa shape index (κ2) is 5.07. The molecule has 0 fully saturated rings. The Morgan fingerprint density at radius 1 is 1.00 bits per heavy atom. The molecule has 1 aromatic carbocycles. The molecule has 1 N–H and O–H groups in total. The van der Waals surface area contributed by atoms with E-state index in [1.165, 1.54) is 12.1 Å². The molecule has 1 aliphatic heterocycles. The second-order valence-electron chi connectivity index (χ2n) is 4.92. The number of hydrazone groups is 1. The number of rotatable bonds is 2. The molecule has 3 heterocycles. The summed E-state index contributed by atoms with van der Waals surface area (Å²) in [6.45, 7) is 0.599. The molecule has 0 saturated heterocycles. The Bertz CT molecular complexity index is 837. The van der Waals surface area contributed by atoms with Crippen LogP contribution in [-0.2, 0) is 6.54 Å². The smallest absolute Gasteiger partial charge is 0.153 e. The first-order valence-corrected chi connectivity index (χ1v) is 6.87. The van der Waals surface area contributed by atoms with Gasteiger partial charge in [-0.1, -0.05) is 0 Å². The van der Waals surface area contributed by atoms with Crippen LogP contribution < -0.4 is 5.43 Å². The van der Waals surface area contributed by atoms with E-state index in [0.717, 1.165) is 28.2 Å². The summed E-state index contributed by atoms with van der Waals surface area (Å²) >= 11 is 0. The van der Waals surface area contributed by atoms with Crippen LogP contribution in [0.5, 0.6) is 0 Å². The first kappa shape index (κ1) is 12.7. The van der Waals surface area contributed by atoms with Crippen LogP contribution in [0.25, 0.3) is 22.4 Å². The van der Waals surface area contributed by atoms with Crippen LogP contribution >= 0.6 is 0 Å². The number of aromatic nitrogens is 3. The third kappa shape index (κ3) is 2.05. The van der Waals surface area contributed by atoms with Crippen molar-refractivity contribution in [1.29, 1.82) is 0 Å². The van der Waals surface area contributed by atoms with Crippen LogP contribution in [0, 0.1) is 5.82 Å². The lowest BCUT2D eigenvalue weighted by atomic mass is 10.0. The molecule has 3 aromatic rings. The summed E-state index contributed by atoms with van der Waals surface area (Å²) in [7, 11) is 0. The number of anilines is 1. The topological polar surface area (TPSA) is 55.1 Å². The van der Waals surface area contributed by atoms with Crippen LogP contribution in [0.15, 0.2) is 53.9 Å². The van der Waals surface area contributed by atoms with E-state index >= 15 is 0 Å². The molecule has 0 bridgehead atoms. The van der Waals surface area contributed by atoms with Gasteiger partial charge in [-0.3, -0.25) is 10.4 Å². The average molecular weight is 293 g/mol. The highest BCUT2D eigenvalue weighted by Gasteiger charge is 2.21. The zero-order chi connectivity index (χ0) is 14.9. The van der Waals surface area contributed by atoms with Gasteiger partial charge in [-0.15, -0.1) is 0 Å². The summed E-state index contributed by atoms with van der Waals surface area (Å²) in [5.41, 5.74) is 6.58. The van der Waals surface area contributed by atoms with Crippen molar-refractivity contribution in [3.05, 3.63) is 54.6 Å². The number of hydrogen-bond acceptors (Lipinski definition) is 4. The number of hydrogen-bond donors (Lipinski definition) is 1. The van der Waals surface area contributed by atoms with Gasteiger partial charge in [0.2, 0.25) is 0 Å². The minimum Gasteiger partial charge on any atom is -0.265 e. The Hall–Kier alpha value is -3.02. The van der Waals surface area contributed by atoms with Crippen LogP contribution in [0.3, 0.4) is 0 Å². The fraction of sp³-hybridized carbons (Fsp3) is 0.0625. The van der Waals surface area contributed by atoms with Gasteiger partial charge in [0.25, 0.3) is 0 Å². The highest BCUT2D eigenvalue weighted by molar-refractivity contribution is 5.89. The molecule has 0 saturated carbocycles. The van der Waals surface area contributed by atoms with Crippen molar-refractivity contribution in [2.75, 3.05) is 5.43 Å². The predicted molar refractivity (Wildman–Crippen MR) is 83.0 cm³/mol. The minimum absolute atomic E-state index is 0.264. The SMILES string of the molecule is Fc1ccc(-c2nn3c(c2-c2ccncc2)NN=CC3)cc1. The molecule has 6 heteroatoms. The molecule has 5 nitrogen and oxygen atoms in total. The van der Waals surface area contributed by atoms with Gasteiger partial charge in [0.15, 0.2) is 5.82 Å². The normalized spacial score (nSPS) is 12.8. The van der Waals surface area contributed by atoms with Crippen molar-refractivity contribution in [1.82, 2.24) is 14.8 Å². The first-order valence-electron chi connectivity index (χ1n) is 6.87. The lowest BCUT2D eigenvalue weighted by Crippen LogP contribution is -2.11. The lowest BCUT2D eigenvalue weighted by Gasteiger charge is -2.11. The fourth-order valence-corrected chi connectivity index (χ4v) is 2.53. The number of halogens is 1. The van der Waals surface area contributed by atoms with Gasteiger partial charge < -0.3 is 0 Å². The average Bonchev–Trinajstić information content (AvgIpc) is 2.96. The van der Waals surface area contributed by atoms with E-state index < -0.39 is 0 Å². The summed E-state index contributed by atoms with van der Waals surface area (Å²) in [5.74, 6) is 0.563. The maximum Gasteiger partial charge on any atom is 0.153 e. The van der Waals surface area contributed by atoms with Crippen LogP contribution in [-0.4, -0.2) is 21.0 Å². The molecule has 0 spiro atoms. The highest BCUT2D eigenvalue weighted by Crippen LogP contribution is 2.38. The molecular weight excluding hydrogens is 281 g/mol. The van der Waals surface area contributed by atoms with Gasteiger partial charge in [0.05, 0.1) is 12.1 Å². The minimum atomic E-state index is -0.264. The Morgan fingerprint density at radius 3 is 2.55 bits per heavy atom. The Kier molecular flexibility index (Phi) is 2.93. The summed E-state index contributed by atoms with van der Waals surface area (Å²) in [4.78, 5) is 4.05. The van der Waals surface area contributed by atoms with E-state index in [9.17, 15) is 4.39 Å². The molecule has 4 rings (SSSR count). The van der Waals surface area contributed by atoms with Crippen LogP contribution in [0.4, 0.5) is 10.2 Å². The van der Waals surface area contributed by atoms with Crippen molar-refractivity contribution >= 4 is 12.0 Å². The highest BCUT2D eigenvalue weighted by atomic mass is 19.1. The lowest BCUT2D eigenvalue weighted by molar-refractivity contribution is 0.628. The largest absolute Gasteiger partial charge is 0.265 e. The van der Waals surface area contributed by atoms with Crippen LogP contribution in [0.2, 0.25) is 0 Å². The first-order chi connectivity index (χ1) is 10.8. The molecule has 22 heavy (non-hydrogen) atoms. The standard InChI is InChI=1S/C16H12FN5/c17-13-3-1-12(2-4-13)15-14(11-5-7-18-8-6-11)16-20-19-9-10-22(16)21-15/h1-9,20H,10H2. The zero-order valence-electron chi connectivity index (χ0n) is 11.6. The van der Waals surface area contributed by atoms with Gasteiger partial charge >= 0.3 is 0 Å². The summed E-state index contributed by atoms with van der Waals surface area (Å²) in [6, 6.07) is 10.2. The van der Waals surface area contributed by atoms with Gasteiger partial charge in [-0.05, 0) is 42.0 Å². The maximum atomic E-state index is 13.2. The number of benzene rings is 1. The summed E-state index contributed by atoms with van der Waals surface area (Å²) in [5, 5.41) is 8.76. The molecular formula is C16H12FN5. The maximum absolute atomic E-state index is 13.2. The Morgan fingerprint density at radius 2 is 1.77 bits per heavy atom. The number of fused-ring (bicyclic) bond motifs is 1. The van der Waals surface area contributed by atoms with E-state index in [0.29, 0.717) is 6.54 Å². The number of nitrogens with one attached hydrogen (secondary N) is 1. The van der Waals surface area contributed by atoms with Crippen molar-refractivity contribution < 1.29 is 4.39 Å². The predicted octanol–water partition coefficient (Wildman–Crippen LogP) is 3.16. The quantitative estimate of drug-likeness (QED) is 0.789. The van der Waals surface area contributed by atoms with E-state index in [1.54, 1.807) is 30.7 Å². The Balaban J connectivity index is 1.95. The zero-order valence-corrected chi connectivity index (χ0v) is 11.6. The third-order valence-electron chi connectivity index (χ3n) is 3.56. The molecule has 0 radical (unpaired) electrons. The van der Waals surface area contributed by atoms with Gasteiger partial charge in [0, 0.05) is 24.2 Å². The molecule has 0 amide bonds. The van der Waals surface area contributed by atoms with E-state index in [2.05, 4.69) is 20.6 Å². The molecule has 1 aliphatic rings. The number of nitrogens with zero attached hydrogens (tertiary/aromatic N) is 4. The number of pyridine rings is 1. The summed E-state index contributed by atoms with van der Waals surface area (Å²) in [6.07, 6.45) is 5.23. The monoisotopic (exact) mass is 293 g/mol. The van der Waals surface area contributed by atoms with E-state index in [4.69, 9.17) is 0 Å². The van der Waals surface area contributed by atoms with E-state index in [-0.39, 0.29) is 5.82 Å². The third-order valence-corrected chi connectivity index (χ3v) is 3.56. The van der Waals surface area contributed by atoms with E-state index in [1.807, 2.05) is 16.8 Å². The molecule has 0 aliphatic carbocycles. The fourth-order valence-electron chi connectivity index (χ4n) is 2.53. The summed E-state index contributed by atoms with van der Waals surface area (Å²) < 4.78 is 15.0. The molecule has 0 atom stereocenters. The van der Waals surface area contributed by atoms with Crippen molar-refractivity contribution in [2.45, 2.75) is 6.54 Å². The van der Waals surface area contributed by atoms with Crippen LogP contribution in [0.1, 0.15) is 0 Å². The van der Waals surface area contributed by atoms with Gasteiger partial charge in [-0.25, -0.2) is 9.07 Å². The van der Waals surface area contributed by atoms with Crippen molar-refractivity contribution in [3.8, 4) is 22.4 Å². The van der Waals surface area contributed by atoms with Gasteiger partial charge in [-0.2, -0.15) is 10.2 Å². The van der Waals surface area contributed by atoms with Crippen molar-refractivity contribution in [3.63, 3.8) is 0 Å². The molecule has 2 aromatic heterocycles. The molecule has 108 valence electrons. The Labute approximate surface area is 126 Å². The van der Waals surface area contributed by atoms with Gasteiger partial charge in [0.1, 0.15) is 11.5 Å². The second-order valence-corrected chi connectivity index (χ2v) is 4.92. The molecule has 0 unspecified atom stereocenters. The van der Waals surface area contributed by atoms with Crippen molar-refractivity contribution in [2.24, 2.45) is 5.10 Å².